The molecule has 0 saturated carbocycles. The van der Waals surface area contributed by atoms with Crippen molar-refractivity contribution in [1.29, 1.82) is 0 Å². The van der Waals surface area contributed by atoms with Crippen LogP contribution in [0.4, 0.5) is 0 Å². The number of unbranched alkanes of at least 4 members (excludes halogenated alkanes) is 1. The van der Waals surface area contributed by atoms with Gasteiger partial charge in [-0.2, -0.15) is 8.42 Å². The van der Waals surface area contributed by atoms with Gasteiger partial charge in [-0.05, 0) is 51.2 Å². The van der Waals surface area contributed by atoms with E-state index in [1.165, 1.54) is 0 Å². The molecule has 0 radical (unpaired) electrons. The van der Waals surface area contributed by atoms with Gasteiger partial charge in [0.2, 0.25) is 0 Å². The van der Waals surface area contributed by atoms with Crippen LogP contribution in [-0.2, 0) is 23.8 Å². The Morgan fingerprint density at radius 3 is 2.55 bits per heavy atom. The van der Waals surface area contributed by atoms with Crippen LogP contribution < -0.4 is 0 Å². The number of benzene rings is 1. The average molecular weight is 328 g/mol. The fourth-order valence-corrected chi connectivity index (χ4v) is 3.15. The van der Waals surface area contributed by atoms with Crippen LogP contribution in [0.3, 0.4) is 0 Å². The van der Waals surface area contributed by atoms with Gasteiger partial charge in [-0.1, -0.05) is 17.7 Å². The topological polar surface area (TPSA) is 61.8 Å². The highest BCUT2D eigenvalue weighted by Gasteiger charge is 2.15. The Morgan fingerprint density at radius 2 is 1.86 bits per heavy atom. The van der Waals surface area contributed by atoms with E-state index in [0.717, 1.165) is 37.9 Å². The van der Waals surface area contributed by atoms with Crippen LogP contribution in [0.15, 0.2) is 29.2 Å². The van der Waals surface area contributed by atoms with E-state index < -0.39 is 10.1 Å². The minimum absolute atomic E-state index is 0.0917. The summed E-state index contributed by atoms with van der Waals surface area (Å²) >= 11 is 0. The van der Waals surface area contributed by atoms with Crippen LogP contribution >= 0.6 is 0 Å². The molecule has 22 heavy (non-hydrogen) atoms. The Balaban J connectivity index is 1.62. The van der Waals surface area contributed by atoms with E-state index in [0.29, 0.717) is 13.0 Å². The summed E-state index contributed by atoms with van der Waals surface area (Å²) in [5, 5.41) is 0. The Bertz CT molecular complexity index is 532. The van der Waals surface area contributed by atoms with Gasteiger partial charge in [0.15, 0.2) is 6.29 Å². The summed E-state index contributed by atoms with van der Waals surface area (Å²) in [6, 6.07) is 6.64. The minimum Gasteiger partial charge on any atom is -0.353 e. The lowest BCUT2D eigenvalue weighted by atomic mass is 10.2. The van der Waals surface area contributed by atoms with Crippen LogP contribution in [0, 0.1) is 6.92 Å². The van der Waals surface area contributed by atoms with Gasteiger partial charge in [0.05, 0.1) is 11.5 Å². The average Bonchev–Trinajstić information content (AvgIpc) is 2.52. The lowest BCUT2D eigenvalue weighted by Crippen LogP contribution is -2.22. The van der Waals surface area contributed by atoms with E-state index in [2.05, 4.69) is 0 Å². The standard InChI is InChI=1S/C16H24O5S/c1-14-7-9-15(10-8-14)22(17,18)21-13-5-4-12-20-16-6-2-3-11-19-16/h7-10,16H,2-6,11-13H2,1H3/t16-/m1/s1. The largest absolute Gasteiger partial charge is 0.353 e. The maximum Gasteiger partial charge on any atom is 0.296 e. The number of hydrogen-bond acceptors (Lipinski definition) is 5. The molecule has 2 rings (SSSR count). The third-order valence-electron chi connectivity index (χ3n) is 3.53. The number of ether oxygens (including phenoxy) is 2. The van der Waals surface area contributed by atoms with Crippen molar-refractivity contribution in [2.45, 2.75) is 50.2 Å². The molecule has 0 amide bonds. The van der Waals surface area contributed by atoms with Crippen molar-refractivity contribution in [3.63, 3.8) is 0 Å². The molecule has 0 aromatic heterocycles. The van der Waals surface area contributed by atoms with E-state index >= 15 is 0 Å². The monoisotopic (exact) mass is 328 g/mol. The lowest BCUT2D eigenvalue weighted by Gasteiger charge is -2.22. The molecule has 0 spiro atoms. The van der Waals surface area contributed by atoms with Gasteiger partial charge in [-0.25, -0.2) is 0 Å². The molecule has 124 valence electrons. The highest BCUT2D eigenvalue weighted by atomic mass is 32.2. The molecule has 5 nitrogen and oxygen atoms in total. The summed E-state index contributed by atoms with van der Waals surface area (Å²) in [5.41, 5.74) is 1.01. The van der Waals surface area contributed by atoms with Gasteiger partial charge < -0.3 is 9.47 Å². The summed E-state index contributed by atoms with van der Waals surface area (Å²) in [5.74, 6) is 0. The first-order valence-corrected chi connectivity index (χ1v) is 9.18. The Hall–Kier alpha value is -0.950. The van der Waals surface area contributed by atoms with Crippen LogP contribution in [-0.4, -0.2) is 34.5 Å². The van der Waals surface area contributed by atoms with E-state index in [1.54, 1.807) is 24.3 Å². The summed E-state index contributed by atoms with van der Waals surface area (Å²) in [6.45, 7) is 3.42. The quantitative estimate of drug-likeness (QED) is 0.542. The second kappa shape index (κ2) is 8.62. The molecule has 0 N–H and O–H groups in total. The molecule has 1 fully saturated rings. The third kappa shape index (κ3) is 5.68. The Labute approximate surface area is 132 Å². The zero-order chi connectivity index (χ0) is 15.8. The van der Waals surface area contributed by atoms with Gasteiger partial charge in [0, 0.05) is 13.2 Å². The molecule has 0 bridgehead atoms. The van der Waals surface area contributed by atoms with Crippen molar-refractivity contribution in [2.24, 2.45) is 0 Å². The predicted octanol–water partition coefficient (Wildman–Crippen LogP) is 3.02. The second-order valence-electron chi connectivity index (χ2n) is 5.46. The number of hydrogen-bond donors (Lipinski definition) is 0. The lowest BCUT2D eigenvalue weighted by molar-refractivity contribution is -0.162. The van der Waals surface area contributed by atoms with Gasteiger partial charge >= 0.3 is 0 Å². The highest BCUT2D eigenvalue weighted by molar-refractivity contribution is 7.86. The van der Waals surface area contributed by atoms with Gasteiger partial charge in [0.25, 0.3) is 10.1 Å². The summed E-state index contributed by atoms with van der Waals surface area (Å²) in [6.07, 6.45) is 4.48. The number of aryl methyl sites for hydroxylation is 1. The molecule has 0 aliphatic carbocycles. The predicted molar refractivity (Wildman–Crippen MR) is 83.1 cm³/mol. The smallest absolute Gasteiger partial charge is 0.296 e. The first kappa shape index (κ1) is 17.4. The van der Waals surface area contributed by atoms with Crippen molar-refractivity contribution in [3.05, 3.63) is 29.8 Å². The minimum atomic E-state index is -3.65. The molecular weight excluding hydrogens is 304 g/mol. The van der Waals surface area contributed by atoms with E-state index in [9.17, 15) is 8.42 Å². The maximum atomic E-state index is 12.0. The first-order chi connectivity index (χ1) is 10.6. The van der Waals surface area contributed by atoms with E-state index in [-0.39, 0.29) is 17.8 Å². The Kier molecular flexibility index (Phi) is 6.82. The Morgan fingerprint density at radius 1 is 1.14 bits per heavy atom. The van der Waals surface area contributed by atoms with Crippen LogP contribution in [0.25, 0.3) is 0 Å². The molecule has 1 aliphatic heterocycles. The molecule has 6 heteroatoms. The molecule has 1 saturated heterocycles. The summed E-state index contributed by atoms with van der Waals surface area (Å²) < 4.78 is 40.0. The molecule has 1 aromatic carbocycles. The van der Waals surface area contributed by atoms with Gasteiger partial charge in [-0.15, -0.1) is 0 Å². The van der Waals surface area contributed by atoms with Crippen LogP contribution in [0.2, 0.25) is 0 Å². The molecule has 0 unspecified atom stereocenters. The van der Waals surface area contributed by atoms with Gasteiger partial charge in [-0.3, -0.25) is 4.18 Å². The normalized spacial score (nSPS) is 19.2. The molecule has 1 aromatic rings. The van der Waals surface area contributed by atoms with Crippen LogP contribution in [0.1, 0.15) is 37.7 Å². The SMILES string of the molecule is Cc1ccc(S(=O)(=O)OCCCCO[C@@H]2CCCCO2)cc1. The molecule has 1 atom stereocenters. The van der Waals surface area contributed by atoms with Crippen molar-refractivity contribution in [1.82, 2.24) is 0 Å². The van der Waals surface area contributed by atoms with E-state index in [4.69, 9.17) is 13.7 Å². The fraction of sp³-hybridized carbons (Fsp3) is 0.625. The second-order valence-corrected chi connectivity index (χ2v) is 7.08. The molecular formula is C16H24O5S. The zero-order valence-corrected chi connectivity index (χ0v) is 13.8. The summed E-state index contributed by atoms with van der Waals surface area (Å²) in [4.78, 5) is 0.199. The van der Waals surface area contributed by atoms with Crippen molar-refractivity contribution < 1.29 is 22.1 Å². The van der Waals surface area contributed by atoms with Crippen LogP contribution in [0.5, 0.6) is 0 Å². The molecule has 1 heterocycles. The number of rotatable bonds is 8. The first-order valence-electron chi connectivity index (χ1n) is 7.77. The maximum absolute atomic E-state index is 12.0. The third-order valence-corrected chi connectivity index (χ3v) is 4.85. The molecule has 1 aliphatic rings. The van der Waals surface area contributed by atoms with Crippen molar-refractivity contribution in [2.75, 3.05) is 19.8 Å². The highest BCUT2D eigenvalue weighted by Crippen LogP contribution is 2.15. The van der Waals surface area contributed by atoms with E-state index in [1.807, 2.05) is 6.92 Å². The van der Waals surface area contributed by atoms with Crippen molar-refractivity contribution >= 4 is 10.1 Å². The van der Waals surface area contributed by atoms with Gasteiger partial charge in [0.1, 0.15) is 0 Å². The van der Waals surface area contributed by atoms with Crippen molar-refractivity contribution in [3.8, 4) is 0 Å². The fourth-order valence-electron chi connectivity index (χ4n) is 2.20. The summed E-state index contributed by atoms with van der Waals surface area (Å²) in [7, 11) is -3.65. The zero-order valence-electron chi connectivity index (χ0n) is 13.0.